The normalized spacial score (nSPS) is 12.5. The minimum absolute atomic E-state index is 0.142. The summed E-state index contributed by atoms with van der Waals surface area (Å²) in [7, 11) is 1.24. The molecular formula is C7H12O3. The van der Waals surface area contributed by atoms with Crippen LogP contribution in [0.2, 0.25) is 0 Å². The smallest absolute Gasteiger partial charge is 0.312 e. The van der Waals surface area contributed by atoms with E-state index >= 15 is 0 Å². The Bertz CT molecular complexity index is 105. The summed E-state index contributed by atoms with van der Waals surface area (Å²) < 4.78 is 4.12. The summed E-state index contributed by atoms with van der Waals surface area (Å²) >= 11 is 0. The van der Waals surface area contributed by atoms with Crippen molar-refractivity contribution in [1.82, 2.24) is 0 Å². The molecule has 0 atom stereocenters. The zero-order valence-corrected chi connectivity index (χ0v) is 6.13. The van der Waals surface area contributed by atoms with E-state index in [1.807, 2.05) is 0 Å². The molecule has 0 bridgehead atoms. The number of carbonyl (C=O) groups is 2. The molecule has 0 aromatic heterocycles. The minimum Gasteiger partial charge on any atom is -0.469 e. The van der Waals surface area contributed by atoms with Crippen molar-refractivity contribution in [3.05, 3.63) is 0 Å². The molecule has 0 heterocycles. The van der Waals surface area contributed by atoms with Gasteiger partial charge in [0.1, 0.15) is 12.7 Å². The van der Waals surface area contributed by atoms with E-state index in [4.69, 9.17) is 0 Å². The zero-order chi connectivity index (χ0) is 7.82. The van der Waals surface area contributed by atoms with Crippen molar-refractivity contribution in [2.24, 2.45) is 0 Å². The van der Waals surface area contributed by atoms with Crippen molar-refractivity contribution < 1.29 is 14.3 Å². The summed E-state index contributed by atoms with van der Waals surface area (Å²) in [5.74, 6) is -0.491. The van der Waals surface area contributed by atoms with Gasteiger partial charge in [-0.15, -0.1) is 0 Å². The van der Waals surface area contributed by atoms with Crippen molar-refractivity contribution in [3.8, 4) is 0 Å². The van der Waals surface area contributed by atoms with E-state index in [1.165, 1.54) is 26.4 Å². The van der Waals surface area contributed by atoms with E-state index < -0.39 is 5.97 Å². The SMILES string of the molecule is C1CC1.COC(=O)CC=O. The number of ether oxygens (including phenoxy) is 1. The number of methoxy groups -OCH3 is 1. The van der Waals surface area contributed by atoms with Gasteiger partial charge in [0.2, 0.25) is 0 Å². The average Bonchev–Trinajstić information content (AvgIpc) is 2.73. The van der Waals surface area contributed by atoms with E-state index in [0.717, 1.165) is 0 Å². The monoisotopic (exact) mass is 144 g/mol. The van der Waals surface area contributed by atoms with Crippen LogP contribution in [0, 0.1) is 0 Å². The van der Waals surface area contributed by atoms with Crippen molar-refractivity contribution in [3.63, 3.8) is 0 Å². The Kier molecular flexibility index (Phi) is 5.72. The van der Waals surface area contributed by atoms with E-state index in [2.05, 4.69) is 4.74 Å². The highest BCUT2D eigenvalue weighted by molar-refractivity contribution is 5.83. The van der Waals surface area contributed by atoms with Crippen LogP contribution in [0.3, 0.4) is 0 Å². The molecule has 1 aliphatic carbocycles. The van der Waals surface area contributed by atoms with Gasteiger partial charge in [-0.25, -0.2) is 0 Å². The molecule has 10 heavy (non-hydrogen) atoms. The molecule has 1 rings (SSSR count). The van der Waals surface area contributed by atoms with E-state index in [-0.39, 0.29) is 6.42 Å². The van der Waals surface area contributed by atoms with Crippen LogP contribution in [-0.2, 0) is 14.3 Å². The molecule has 58 valence electrons. The first-order chi connectivity index (χ1) is 4.81. The Labute approximate surface area is 60.4 Å². The highest BCUT2D eigenvalue weighted by Gasteiger charge is 1.95. The molecule has 0 unspecified atom stereocenters. The summed E-state index contributed by atoms with van der Waals surface area (Å²) in [4.78, 5) is 19.4. The predicted octanol–water partition coefficient (Wildman–Crippen LogP) is 0.919. The fraction of sp³-hybridized carbons (Fsp3) is 0.714. The maximum Gasteiger partial charge on any atom is 0.312 e. The number of carbonyl (C=O) groups excluding carboxylic acids is 2. The highest BCUT2D eigenvalue weighted by Crippen LogP contribution is 2.14. The largest absolute Gasteiger partial charge is 0.469 e. The molecule has 3 nitrogen and oxygen atoms in total. The summed E-state index contributed by atoms with van der Waals surface area (Å²) in [6.07, 6.45) is 4.86. The lowest BCUT2D eigenvalue weighted by atomic mass is 10.5. The maximum absolute atomic E-state index is 9.96. The van der Waals surface area contributed by atoms with E-state index in [1.54, 1.807) is 0 Å². The van der Waals surface area contributed by atoms with Crippen LogP contribution >= 0.6 is 0 Å². The van der Waals surface area contributed by atoms with Gasteiger partial charge in [-0.05, 0) is 0 Å². The van der Waals surface area contributed by atoms with Crippen molar-refractivity contribution in [1.29, 1.82) is 0 Å². The van der Waals surface area contributed by atoms with Gasteiger partial charge in [-0.2, -0.15) is 0 Å². The van der Waals surface area contributed by atoms with Crippen molar-refractivity contribution in [2.75, 3.05) is 7.11 Å². The number of hydrogen-bond acceptors (Lipinski definition) is 3. The predicted molar refractivity (Wildman–Crippen MR) is 36.5 cm³/mol. The Balaban J connectivity index is 0.000000219. The molecule has 0 saturated heterocycles. The molecule has 3 heteroatoms. The molecular weight excluding hydrogens is 132 g/mol. The van der Waals surface area contributed by atoms with Crippen LogP contribution in [0.15, 0.2) is 0 Å². The molecule has 1 fully saturated rings. The molecule has 0 radical (unpaired) electrons. The second kappa shape index (κ2) is 6.26. The van der Waals surface area contributed by atoms with E-state index in [0.29, 0.717) is 6.29 Å². The van der Waals surface area contributed by atoms with Gasteiger partial charge < -0.3 is 9.53 Å². The van der Waals surface area contributed by atoms with Gasteiger partial charge in [0.05, 0.1) is 7.11 Å². The van der Waals surface area contributed by atoms with Gasteiger partial charge in [-0.1, -0.05) is 19.3 Å². The fourth-order valence-corrected chi connectivity index (χ4v) is 0.151. The van der Waals surface area contributed by atoms with Crippen LogP contribution in [0.5, 0.6) is 0 Å². The minimum atomic E-state index is -0.491. The molecule has 0 aromatic carbocycles. The third-order valence-corrected chi connectivity index (χ3v) is 0.831. The first kappa shape index (κ1) is 9.14. The van der Waals surface area contributed by atoms with Crippen molar-refractivity contribution >= 4 is 12.3 Å². The highest BCUT2D eigenvalue weighted by atomic mass is 16.5. The topological polar surface area (TPSA) is 43.4 Å². The fourth-order valence-electron chi connectivity index (χ4n) is 0.151. The van der Waals surface area contributed by atoms with Crippen LogP contribution < -0.4 is 0 Å². The van der Waals surface area contributed by atoms with Gasteiger partial charge in [0.25, 0.3) is 0 Å². The molecule has 1 saturated carbocycles. The first-order valence-corrected chi connectivity index (χ1v) is 3.31. The van der Waals surface area contributed by atoms with Crippen molar-refractivity contribution in [2.45, 2.75) is 25.7 Å². The summed E-state index contributed by atoms with van der Waals surface area (Å²) in [6.45, 7) is 0. The Hall–Kier alpha value is -0.860. The maximum atomic E-state index is 9.96. The molecule has 0 amide bonds. The third kappa shape index (κ3) is 10.2. The summed E-state index contributed by atoms with van der Waals surface area (Å²) in [5, 5.41) is 0. The number of esters is 1. The van der Waals surface area contributed by atoms with Crippen LogP contribution in [0.25, 0.3) is 0 Å². The summed E-state index contributed by atoms with van der Waals surface area (Å²) in [5.41, 5.74) is 0. The molecule has 0 N–H and O–H groups in total. The standard InChI is InChI=1S/C4H6O3.C3H6/c1-7-4(6)2-3-5;1-2-3-1/h3H,2H2,1H3;1-3H2. The number of rotatable bonds is 2. The second-order valence-electron chi connectivity index (χ2n) is 2.01. The Morgan fingerprint density at radius 1 is 1.50 bits per heavy atom. The zero-order valence-electron chi connectivity index (χ0n) is 6.13. The van der Waals surface area contributed by atoms with Crippen LogP contribution in [0.4, 0.5) is 0 Å². The average molecular weight is 144 g/mol. The van der Waals surface area contributed by atoms with Gasteiger partial charge >= 0.3 is 5.97 Å². The van der Waals surface area contributed by atoms with Gasteiger partial charge in [0, 0.05) is 0 Å². The Morgan fingerprint density at radius 3 is 2.10 bits per heavy atom. The molecule has 0 aromatic rings. The number of aldehydes is 1. The first-order valence-electron chi connectivity index (χ1n) is 3.31. The summed E-state index contributed by atoms with van der Waals surface area (Å²) in [6, 6.07) is 0. The Morgan fingerprint density at radius 2 is 2.00 bits per heavy atom. The number of hydrogen-bond donors (Lipinski definition) is 0. The van der Waals surface area contributed by atoms with Crippen LogP contribution in [-0.4, -0.2) is 19.4 Å². The van der Waals surface area contributed by atoms with E-state index in [9.17, 15) is 9.59 Å². The molecule has 0 aliphatic heterocycles. The molecule has 0 spiro atoms. The quantitative estimate of drug-likeness (QED) is 0.329. The van der Waals surface area contributed by atoms with Gasteiger partial charge in [0.15, 0.2) is 0 Å². The lowest BCUT2D eigenvalue weighted by molar-refractivity contribution is -0.141. The van der Waals surface area contributed by atoms with Gasteiger partial charge in [-0.3, -0.25) is 4.79 Å². The van der Waals surface area contributed by atoms with Crippen LogP contribution in [0.1, 0.15) is 25.7 Å². The lowest BCUT2D eigenvalue weighted by Gasteiger charge is -1.86. The molecule has 1 aliphatic rings. The lowest BCUT2D eigenvalue weighted by Crippen LogP contribution is -1.99. The third-order valence-electron chi connectivity index (χ3n) is 0.831. The second-order valence-corrected chi connectivity index (χ2v) is 2.01.